The Morgan fingerprint density at radius 3 is 2.50 bits per heavy atom. The largest absolute Gasteiger partial charge is 0.261 e. The molecule has 0 saturated heterocycles. The average Bonchev–Trinajstić information content (AvgIpc) is 2.35. The summed E-state index contributed by atoms with van der Waals surface area (Å²) in [4.78, 5) is 12.4. The van der Waals surface area contributed by atoms with Crippen LogP contribution in [0.2, 0.25) is 0 Å². The van der Waals surface area contributed by atoms with E-state index in [-0.39, 0.29) is 0 Å². The number of pyridine rings is 1. The van der Waals surface area contributed by atoms with Gasteiger partial charge in [0.2, 0.25) is 0 Å². The van der Waals surface area contributed by atoms with Gasteiger partial charge in [-0.25, -0.2) is 14.4 Å². The van der Waals surface area contributed by atoms with Crippen LogP contribution in [0.15, 0.2) is 25.0 Å². The molecule has 3 nitrogen and oxygen atoms in total. The molecule has 0 spiro atoms. The number of halogens is 1. The Hall–Kier alpha value is -2.10. The molecule has 4 heteroatoms. The molecule has 92 valence electrons. The summed E-state index contributed by atoms with van der Waals surface area (Å²) in [7, 11) is 0. The molecule has 0 aliphatic carbocycles. The van der Waals surface area contributed by atoms with Gasteiger partial charge in [-0.05, 0) is 32.4 Å². The molecule has 0 bridgehead atoms. The van der Waals surface area contributed by atoms with Crippen molar-refractivity contribution in [2.75, 3.05) is 0 Å². The van der Waals surface area contributed by atoms with Gasteiger partial charge in [-0.15, -0.1) is 0 Å². The number of aryl methyl sites for hydroxylation is 3. The molecule has 18 heavy (non-hydrogen) atoms. The van der Waals surface area contributed by atoms with Crippen LogP contribution in [0, 0.1) is 26.6 Å². The predicted octanol–water partition coefficient (Wildman–Crippen LogP) is 3.00. The van der Waals surface area contributed by atoms with Gasteiger partial charge in [-0.1, -0.05) is 6.58 Å². The summed E-state index contributed by atoms with van der Waals surface area (Å²) < 4.78 is 13.1. The third-order valence-corrected chi connectivity index (χ3v) is 2.74. The van der Waals surface area contributed by atoms with Crippen LogP contribution in [0.4, 0.5) is 4.39 Å². The quantitative estimate of drug-likeness (QED) is 0.813. The van der Waals surface area contributed by atoms with E-state index in [1.165, 1.54) is 6.20 Å². The number of hydrogen-bond acceptors (Lipinski definition) is 3. The maximum absolute atomic E-state index is 13.1. The normalized spacial score (nSPS) is 10.4. The highest BCUT2D eigenvalue weighted by atomic mass is 19.1. The Bertz CT molecular complexity index is 620. The maximum atomic E-state index is 13.1. The first-order chi connectivity index (χ1) is 8.49. The first kappa shape index (κ1) is 12.4. The average molecular weight is 243 g/mol. The zero-order valence-electron chi connectivity index (χ0n) is 10.7. The van der Waals surface area contributed by atoms with Crippen LogP contribution in [-0.2, 0) is 0 Å². The lowest BCUT2D eigenvalue weighted by Gasteiger charge is -2.09. The fraction of sp³-hybridized carbons (Fsp3) is 0.214. The third kappa shape index (κ3) is 2.27. The summed E-state index contributed by atoms with van der Waals surface area (Å²) >= 11 is 0. The minimum Gasteiger partial charge on any atom is -0.261 e. The van der Waals surface area contributed by atoms with Crippen LogP contribution in [-0.4, -0.2) is 15.0 Å². The molecule has 0 aromatic carbocycles. The summed E-state index contributed by atoms with van der Waals surface area (Å²) in [6.07, 6.45) is 2.96. The molecule has 2 aromatic rings. The van der Waals surface area contributed by atoms with E-state index in [9.17, 15) is 4.39 Å². The van der Waals surface area contributed by atoms with Crippen molar-refractivity contribution >= 4 is 5.57 Å². The van der Waals surface area contributed by atoms with Crippen molar-refractivity contribution in [3.8, 4) is 0 Å². The van der Waals surface area contributed by atoms with Gasteiger partial charge in [0.1, 0.15) is 0 Å². The van der Waals surface area contributed by atoms with Gasteiger partial charge in [0.15, 0.2) is 11.6 Å². The lowest BCUT2D eigenvalue weighted by molar-refractivity contribution is 0.600. The van der Waals surface area contributed by atoms with Gasteiger partial charge >= 0.3 is 0 Å². The number of rotatable bonds is 2. The molecule has 0 unspecified atom stereocenters. The Labute approximate surface area is 105 Å². The van der Waals surface area contributed by atoms with Crippen molar-refractivity contribution in [1.29, 1.82) is 0 Å². The second kappa shape index (κ2) is 4.64. The highest BCUT2D eigenvalue weighted by molar-refractivity contribution is 5.75. The van der Waals surface area contributed by atoms with E-state index >= 15 is 0 Å². The Kier molecular flexibility index (Phi) is 3.19. The molecule has 0 fully saturated rings. The number of hydrogen-bond donors (Lipinski definition) is 0. The molecular weight excluding hydrogens is 229 g/mol. The molecule has 0 aliphatic rings. The minimum atomic E-state index is -0.411. The van der Waals surface area contributed by atoms with E-state index in [2.05, 4.69) is 21.5 Å². The predicted molar refractivity (Wildman–Crippen MR) is 68.6 cm³/mol. The van der Waals surface area contributed by atoms with Crippen molar-refractivity contribution < 1.29 is 4.39 Å². The Morgan fingerprint density at radius 2 is 1.83 bits per heavy atom. The standard InChI is InChI=1S/C14H14FN3/c1-8-5-12(10(3)16-6-8)9(2)14-17-7-13(15)11(4)18-14/h5-7H,2H2,1,3-4H3. The van der Waals surface area contributed by atoms with E-state index in [4.69, 9.17) is 0 Å². The summed E-state index contributed by atoms with van der Waals surface area (Å²) in [5.41, 5.74) is 3.76. The van der Waals surface area contributed by atoms with Crippen molar-refractivity contribution in [3.05, 3.63) is 59.2 Å². The monoisotopic (exact) mass is 243 g/mol. The molecule has 2 rings (SSSR count). The van der Waals surface area contributed by atoms with Gasteiger partial charge in [-0.3, -0.25) is 4.98 Å². The topological polar surface area (TPSA) is 38.7 Å². The van der Waals surface area contributed by atoms with Crippen molar-refractivity contribution in [1.82, 2.24) is 15.0 Å². The second-order valence-corrected chi connectivity index (χ2v) is 4.25. The van der Waals surface area contributed by atoms with Crippen LogP contribution < -0.4 is 0 Å². The van der Waals surface area contributed by atoms with Gasteiger partial charge in [0, 0.05) is 23.0 Å². The zero-order valence-corrected chi connectivity index (χ0v) is 10.7. The van der Waals surface area contributed by atoms with Crippen LogP contribution in [0.3, 0.4) is 0 Å². The van der Waals surface area contributed by atoms with E-state index < -0.39 is 5.82 Å². The molecule has 0 atom stereocenters. The Balaban J connectivity index is 2.47. The lowest BCUT2D eigenvalue weighted by atomic mass is 10.0. The molecule has 0 saturated carbocycles. The van der Waals surface area contributed by atoms with E-state index in [0.29, 0.717) is 17.1 Å². The van der Waals surface area contributed by atoms with Crippen LogP contribution >= 0.6 is 0 Å². The maximum Gasteiger partial charge on any atom is 0.162 e. The van der Waals surface area contributed by atoms with Crippen molar-refractivity contribution in [2.24, 2.45) is 0 Å². The van der Waals surface area contributed by atoms with Crippen LogP contribution in [0.25, 0.3) is 5.57 Å². The zero-order chi connectivity index (χ0) is 13.3. The van der Waals surface area contributed by atoms with Crippen molar-refractivity contribution in [3.63, 3.8) is 0 Å². The summed E-state index contributed by atoms with van der Waals surface area (Å²) in [6.45, 7) is 9.44. The molecule has 0 radical (unpaired) electrons. The van der Waals surface area contributed by atoms with Gasteiger partial charge in [0.25, 0.3) is 0 Å². The van der Waals surface area contributed by atoms with Gasteiger partial charge < -0.3 is 0 Å². The molecule has 0 aliphatic heterocycles. The SMILES string of the molecule is C=C(c1ncc(F)c(C)n1)c1cc(C)cnc1C. The molecule has 0 N–H and O–H groups in total. The smallest absolute Gasteiger partial charge is 0.162 e. The summed E-state index contributed by atoms with van der Waals surface area (Å²) in [5.74, 6) is 0.0232. The first-order valence-electron chi connectivity index (χ1n) is 5.61. The van der Waals surface area contributed by atoms with E-state index in [1.54, 1.807) is 13.1 Å². The fourth-order valence-corrected chi connectivity index (χ4v) is 1.66. The van der Waals surface area contributed by atoms with Crippen LogP contribution in [0.1, 0.15) is 28.3 Å². The highest BCUT2D eigenvalue weighted by Gasteiger charge is 2.11. The minimum absolute atomic E-state index is 0.319. The number of nitrogens with zero attached hydrogens (tertiary/aromatic N) is 3. The van der Waals surface area contributed by atoms with E-state index in [0.717, 1.165) is 16.8 Å². The molecule has 0 amide bonds. The molecular formula is C14H14FN3. The fourth-order valence-electron chi connectivity index (χ4n) is 1.66. The first-order valence-corrected chi connectivity index (χ1v) is 5.61. The second-order valence-electron chi connectivity index (χ2n) is 4.25. The molecule has 2 heterocycles. The number of aromatic nitrogens is 3. The van der Waals surface area contributed by atoms with Gasteiger partial charge in [0.05, 0.1) is 11.9 Å². The Morgan fingerprint density at radius 1 is 1.11 bits per heavy atom. The van der Waals surface area contributed by atoms with E-state index in [1.807, 2.05) is 19.9 Å². The third-order valence-electron chi connectivity index (χ3n) is 2.74. The molecule has 2 aromatic heterocycles. The van der Waals surface area contributed by atoms with Crippen LogP contribution in [0.5, 0.6) is 0 Å². The summed E-state index contributed by atoms with van der Waals surface area (Å²) in [5, 5.41) is 0. The van der Waals surface area contributed by atoms with Gasteiger partial charge in [-0.2, -0.15) is 0 Å². The summed E-state index contributed by atoms with van der Waals surface area (Å²) in [6, 6.07) is 1.98. The van der Waals surface area contributed by atoms with Crippen molar-refractivity contribution in [2.45, 2.75) is 20.8 Å². The lowest BCUT2D eigenvalue weighted by Crippen LogP contribution is -2.01. The highest BCUT2D eigenvalue weighted by Crippen LogP contribution is 2.22.